The number of carbonyl (C=O) groups is 2. The minimum Gasteiger partial charge on any atom is -0.330 e. The number of nitrogens with one attached hydrogen (secondary N) is 1. The molecule has 0 saturated carbocycles. The van der Waals surface area contributed by atoms with Crippen molar-refractivity contribution < 1.29 is 9.59 Å². The first kappa shape index (κ1) is 18.7. The number of anilines is 1. The molecule has 4 rings (SSSR count). The van der Waals surface area contributed by atoms with E-state index in [1.165, 1.54) is 0 Å². The molecule has 1 saturated heterocycles. The number of benzene rings is 3. The van der Waals surface area contributed by atoms with E-state index in [0.29, 0.717) is 19.4 Å². The second-order valence-electron chi connectivity index (χ2n) is 7.10. The lowest BCUT2D eigenvalue weighted by molar-refractivity contribution is -0.136. The highest BCUT2D eigenvalue weighted by atomic mass is 79.9. The molecule has 0 unspecified atom stereocenters. The van der Waals surface area contributed by atoms with Crippen LogP contribution in [0.5, 0.6) is 0 Å². The molecule has 1 fully saturated rings. The summed E-state index contributed by atoms with van der Waals surface area (Å²) in [6, 6.07) is 21.2. The highest BCUT2D eigenvalue weighted by Crippen LogP contribution is 2.25. The average molecular weight is 437 g/mol. The molecule has 1 atom stereocenters. The first-order chi connectivity index (χ1) is 13.6. The van der Waals surface area contributed by atoms with Crippen LogP contribution in [0.2, 0.25) is 0 Å². The van der Waals surface area contributed by atoms with E-state index in [1.54, 1.807) is 4.90 Å². The van der Waals surface area contributed by atoms with E-state index in [4.69, 9.17) is 0 Å². The summed E-state index contributed by atoms with van der Waals surface area (Å²) in [5, 5.41) is 5.16. The SMILES string of the molecule is O=C(Nc1ccc2cc(Br)ccc2c1)[C@@H]1CCCN1C(=O)Cc1ccccc1. The summed E-state index contributed by atoms with van der Waals surface area (Å²) in [6.45, 7) is 0.634. The highest BCUT2D eigenvalue weighted by molar-refractivity contribution is 9.10. The van der Waals surface area contributed by atoms with Gasteiger partial charge in [-0.1, -0.05) is 58.4 Å². The van der Waals surface area contributed by atoms with Crippen molar-refractivity contribution in [2.75, 3.05) is 11.9 Å². The minimum absolute atomic E-state index is 0.00668. The van der Waals surface area contributed by atoms with E-state index in [-0.39, 0.29) is 11.8 Å². The Hall–Kier alpha value is -2.66. The number of nitrogens with zero attached hydrogens (tertiary/aromatic N) is 1. The molecular formula is C23H21BrN2O2. The van der Waals surface area contributed by atoms with Crippen LogP contribution in [0, 0.1) is 0 Å². The molecule has 0 aromatic heterocycles. The van der Waals surface area contributed by atoms with E-state index in [9.17, 15) is 9.59 Å². The number of hydrogen-bond donors (Lipinski definition) is 1. The van der Waals surface area contributed by atoms with Crippen LogP contribution in [0.3, 0.4) is 0 Å². The zero-order chi connectivity index (χ0) is 19.5. The van der Waals surface area contributed by atoms with Crippen molar-refractivity contribution in [3.05, 3.63) is 76.8 Å². The van der Waals surface area contributed by atoms with E-state index in [0.717, 1.165) is 32.9 Å². The van der Waals surface area contributed by atoms with Crippen LogP contribution in [0.1, 0.15) is 18.4 Å². The van der Waals surface area contributed by atoms with Crippen molar-refractivity contribution >= 4 is 44.2 Å². The quantitative estimate of drug-likeness (QED) is 0.639. The molecule has 0 aliphatic carbocycles. The fourth-order valence-corrected chi connectivity index (χ4v) is 4.11. The smallest absolute Gasteiger partial charge is 0.247 e. The summed E-state index contributed by atoms with van der Waals surface area (Å²) < 4.78 is 1.02. The second kappa shape index (κ2) is 8.15. The largest absolute Gasteiger partial charge is 0.330 e. The summed E-state index contributed by atoms with van der Waals surface area (Å²) >= 11 is 3.47. The first-order valence-electron chi connectivity index (χ1n) is 9.44. The molecule has 5 heteroatoms. The van der Waals surface area contributed by atoms with Crippen molar-refractivity contribution in [3.8, 4) is 0 Å². The number of fused-ring (bicyclic) bond motifs is 1. The van der Waals surface area contributed by atoms with Gasteiger partial charge in [-0.25, -0.2) is 0 Å². The lowest BCUT2D eigenvalue weighted by Gasteiger charge is -2.24. The molecule has 1 aliphatic heterocycles. The van der Waals surface area contributed by atoms with Crippen LogP contribution >= 0.6 is 15.9 Å². The summed E-state index contributed by atoms with van der Waals surface area (Å²) in [7, 11) is 0. The second-order valence-corrected chi connectivity index (χ2v) is 8.02. The molecule has 0 radical (unpaired) electrons. The number of halogens is 1. The van der Waals surface area contributed by atoms with Gasteiger partial charge in [-0.05, 0) is 53.4 Å². The predicted octanol–water partition coefficient (Wildman–Crippen LogP) is 4.77. The van der Waals surface area contributed by atoms with Gasteiger partial charge < -0.3 is 10.2 Å². The summed E-state index contributed by atoms with van der Waals surface area (Å²) in [6.07, 6.45) is 1.88. The molecule has 2 amide bonds. The van der Waals surface area contributed by atoms with Gasteiger partial charge >= 0.3 is 0 Å². The van der Waals surface area contributed by atoms with Crippen LogP contribution in [-0.2, 0) is 16.0 Å². The number of carbonyl (C=O) groups excluding carboxylic acids is 2. The van der Waals surface area contributed by atoms with Gasteiger partial charge in [-0.2, -0.15) is 0 Å². The Morgan fingerprint density at radius 2 is 1.75 bits per heavy atom. The minimum atomic E-state index is -0.406. The van der Waals surface area contributed by atoms with E-state index in [1.807, 2.05) is 66.7 Å². The van der Waals surface area contributed by atoms with Gasteiger partial charge in [-0.3, -0.25) is 9.59 Å². The molecule has 4 nitrogen and oxygen atoms in total. The molecular weight excluding hydrogens is 416 g/mol. The van der Waals surface area contributed by atoms with E-state index < -0.39 is 6.04 Å². The van der Waals surface area contributed by atoms with Gasteiger partial charge in [0.25, 0.3) is 0 Å². The van der Waals surface area contributed by atoms with E-state index >= 15 is 0 Å². The van der Waals surface area contributed by atoms with Gasteiger partial charge in [0, 0.05) is 16.7 Å². The van der Waals surface area contributed by atoms with Crippen LogP contribution in [-0.4, -0.2) is 29.3 Å². The molecule has 3 aromatic carbocycles. The van der Waals surface area contributed by atoms with Crippen molar-refractivity contribution in [1.29, 1.82) is 0 Å². The van der Waals surface area contributed by atoms with Gasteiger partial charge in [-0.15, -0.1) is 0 Å². The Labute approximate surface area is 172 Å². The maximum atomic E-state index is 12.9. The summed E-state index contributed by atoms with van der Waals surface area (Å²) in [4.78, 5) is 27.3. The first-order valence-corrected chi connectivity index (χ1v) is 10.2. The molecule has 1 N–H and O–H groups in total. The number of likely N-dealkylation sites (tertiary alicyclic amines) is 1. The Morgan fingerprint density at radius 3 is 2.57 bits per heavy atom. The lowest BCUT2D eigenvalue weighted by atomic mass is 10.1. The van der Waals surface area contributed by atoms with Gasteiger partial charge in [0.15, 0.2) is 0 Å². The molecule has 1 heterocycles. The lowest BCUT2D eigenvalue weighted by Crippen LogP contribution is -2.43. The van der Waals surface area contributed by atoms with E-state index in [2.05, 4.69) is 21.2 Å². The Balaban J connectivity index is 1.46. The van der Waals surface area contributed by atoms with Crippen molar-refractivity contribution in [3.63, 3.8) is 0 Å². The fourth-order valence-electron chi connectivity index (χ4n) is 3.73. The zero-order valence-electron chi connectivity index (χ0n) is 15.4. The molecule has 142 valence electrons. The number of rotatable bonds is 4. The van der Waals surface area contributed by atoms with Gasteiger partial charge in [0.2, 0.25) is 11.8 Å². The normalized spacial score (nSPS) is 16.3. The van der Waals surface area contributed by atoms with Crippen LogP contribution < -0.4 is 5.32 Å². The van der Waals surface area contributed by atoms with Crippen LogP contribution in [0.15, 0.2) is 71.2 Å². The summed E-state index contributed by atoms with van der Waals surface area (Å²) in [5.74, 6) is -0.109. The molecule has 0 bridgehead atoms. The maximum absolute atomic E-state index is 12.9. The van der Waals surface area contributed by atoms with Crippen molar-refractivity contribution in [2.24, 2.45) is 0 Å². The summed E-state index contributed by atoms with van der Waals surface area (Å²) in [5.41, 5.74) is 1.72. The van der Waals surface area contributed by atoms with Crippen LogP contribution in [0.4, 0.5) is 5.69 Å². The highest BCUT2D eigenvalue weighted by Gasteiger charge is 2.33. The number of hydrogen-bond acceptors (Lipinski definition) is 2. The molecule has 3 aromatic rings. The van der Waals surface area contributed by atoms with Gasteiger partial charge in [0.1, 0.15) is 6.04 Å². The fraction of sp³-hybridized carbons (Fsp3) is 0.217. The van der Waals surface area contributed by atoms with Crippen LogP contribution in [0.25, 0.3) is 10.8 Å². The third-order valence-corrected chi connectivity index (χ3v) is 5.64. The third-order valence-electron chi connectivity index (χ3n) is 5.14. The maximum Gasteiger partial charge on any atom is 0.247 e. The molecule has 28 heavy (non-hydrogen) atoms. The topological polar surface area (TPSA) is 49.4 Å². The average Bonchev–Trinajstić information content (AvgIpc) is 3.19. The Morgan fingerprint density at radius 1 is 1.00 bits per heavy atom. The standard InChI is InChI=1S/C23H21BrN2O2/c24-19-10-8-18-15-20(11-9-17(18)14-19)25-23(28)21-7-4-12-26(21)22(27)13-16-5-2-1-3-6-16/h1-3,5-6,8-11,14-15,21H,4,7,12-13H2,(H,25,28)/t21-/m0/s1. The zero-order valence-corrected chi connectivity index (χ0v) is 17.0. The monoisotopic (exact) mass is 436 g/mol. The Bertz CT molecular complexity index is 1020. The van der Waals surface area contributed by atoms with Gasteiger partial charge in [0.05, 0.1) is 6.42 Å². The predicted molar refractivity (Wildman–Crippen MR) is 115 cm³/mol. The van der Waals surface area contributed by atoms with Crippen molar-refractivity contribution in [2.45, 2.75) is 25.3 Å². The molecule has 1 aliphatic rings. The number of amides is 2. The van der Waals surface area contributed by atoms with Crippen molar-refractivity contribution in [1.82, 2.24) is 4.90 Å². The Kier molecular flexibility index (Phi) is 5.44. The molecule has 0 spiro atoms. The third kappa shape index (κ3) is 4.09.